The molecule has 0 aliphatic carbocycles. The van der Waals surface area contributed by atoms with Crippen LogP contribution in [-0.2, 0) is 30.8 Å². The number of rotatable bonds is 10. The van der Waals surface area contributed by atoms with Crippen molar-refractivity contribution in [3.05, 3.63) is 64.5 Å². The van der Waals surface area contributed by atoms with Gasteiger partial charge in [0.15, 0.2) is 33.5 Å². The van der Waals surface area contributed by atoms with E-state index in [2.05, 4.69) is 20.3 Å². The Balaban J connectivity index is 1.44. The number of aliphatic hydroxyl groups excluding tert-OH is 1. The van der Waals surface area contributed by atoms with E-state index >= 15 is 0 Å². The van der Waals surface area contributed by atoms with Crippen molar-refractivity contribution in [2.45, 2.75) is 46.0 Å². The molecule has 3 aromatic heterocycles. The second kappa shape index (κ2) is 14.4. The van der Waals surface area contributed by atoms with Gasteiger partial charge in [0.25, 0.3) is 17.6 Å². The molecule has 1 aliphatic rings. The van der Waals surface area contributed by atoms with Crippen molar-refractivity contribution >= 4 is 57.7 Å². The molecule has 0 saturated carbocycles. The molecule has 6 N–H and O–H groups in total. The minimum absolute atomic E-state index is 0.0199. The lowest BCUT2D eigenvalue weighted by Gasteiger charge is -2.35. The van der Waals surface area contributed by atoms with E-state index in [0.717, 1.165) is 11.0 Å². The molecule has 4 aromatic rings. The average Bonchev–Trinajstić information content (AvgIpc) is 3.35. The number of amides is 3. The number of hydrogen-bond donors (Lipinski definition) is 4. The highest BCUT2D eigenvalue weighted by Gasteiger charge is 2.32. The summed E-state index contributed by atoms with van der Waals surface area (Å²) in [7, 11) is 3.73. The first-order valence-corrected chi connectivity index (χ1v) is 16.0. The summed E-state index contributed by atoms with van der Waals surface area (Å²) in [5.74, 6) is -0.310. The Hall–Kier alpha value is -5.02. The zero-order valence-corrected chi connectivity index (χ0v) is 28.2. The number of halogens is 1. The van der Waals surface area contributed by atoms with Crippen LogP contribution in [0.2, 0.25) is 5.15 Å². The van der Waals surface area contributed by atoms with E-state index in [-0.39, 0.29) is 53.8 Å². The second-order valence-corrected chi connectivity index (χ2v) is 12.2. The Labute approximate surface area is 283 Å². The standard InChI is InChI=1S/C32H40ClN11O4/c1-5-43-23-15-21(32(48)42-12-10-41(11-13-42)26(46)14-20-8-6-7-9-36-20)22(40(3)4)16-24(23)44(18-19(2)45)25(43)17-37-31(47)27-29(34)39-30(35)28(33)38-27/h6-9,15-16,19,45H,5,10-14,17-18H2,1-4H3,(H4-,34,35,37,39,47)/p+1/t19-/m0/s1. The third kappa shape index (κ3) is 7.11. The summed E-state index contributed by atoms with van der Waals surface area (Å²) in [6.07, 6.45) is 1.17. The number of hydrogen-bond acceptors (Lipinski definition) is 10. The molecule has 3 amide bonds. The number of nitrogens with two attached hydrogens (primary N) is 2. The van der Waals surface area contributed by atoms with Gasteiger partial charge in [-0.05, 0) is 26.0 Å². The van der Waals surface area contributed by atoms with Crippen LogP contribution in [0.3, 0.4) is 0 Å². The van der Waals surface area contributed by atoms with Gasteiger partial charge in [0.2, 0.25) is 5.91 Å². The highest BCUT2D eigenvalue weighted by Crippen LogP contribution is 2.28. The van der Waals surface area contributed by atoms with Crippen LogP contribution >= 0.6 is 11.6 Å². The maximum absolute atomic E-state index is 14.1. The van der Waals surface area contributed by atoms with Crippen LogP contribution in [0.5, 0.6) is 0 Å². The summed E-state index contributed by atoms with van der Waals surface area (Å²) in [4.78, 5) is 57.7. The predicted octanol–water partition coefficient (Wildman–Crippen LogP) is 0.855. The van der Waals surface area contributed by atoms with Gasteiger partial charge in [-0.15, -0.1) is 0 Å². The van der Waals surface area contributed by atoms with Crippen LogP contribution in [0.4, 0.5) is 17.3 Å². The number of aryl methyl sites for hydroxylation is 1. The number of aromatic nitrogens is 5. The minimum Gasteiger partial charge on any atom is -0.389 e. The van der Waals surface area contributed by atoms with Crippen LogP contribution < -0.4 is 26.3 Å². The topological polar surface area (TPSA) is 193 Å². The summed E-state index contributed by atoms with van der Waals surface area (Å²) in [5.41, 5.74) is 14.9. The molecule has 1 aliphatic heterocycles. The molecule has 16 heteroatoms. The van der Waals surface area contributed by atoms with E-state index in [1.165, 1.54) is 0 Å². The van der Waals surface area contributed by atoms with Crippen molar-refractivity contribution in [3.63, 3.8) is 0 Å². The van der Waals surface area contributed by atoms with Gasteiger partial charge in [-0.25, -0.2) is 19.1 Å². The van der Waals surface area contributed by atoms with Crippen LogP contribution in [0.15, 0.2) is 36.5 Å². The van der Waals surface area contributed by atoms with E-state index in [9.17, 15) is 19.5 Å². The van der Waals surface area contributed by atoms with Crippen molar-refractivity contribution in [1.82, 2.24) is 34.6 Å². The highest BCUT2D eigenvalue weighted by atomic mass is 35.5. The molecule has 15 nitrogen and oxygen atoms in total. The van der Waals surface area contributed by atoms with Crippen molar-refractivity contribution < 1.29 is 24.1 Å². The fourth-order valence-corrected chi connectivity index (χ4v) is 6.05. The molecule has 4 heterocycles. The summed E-state index contributed by atoms with van der Waals surface area (Å²) < 4.78 is 3.93. The number of carbonyl (C=O) groups excluding carboxylic acids is 3. The maximum Gasteiger partial charge on any atom is 0.277 e. The molecule has 1 atom stereocenters. The Bertz CT molecular complexity index is 1840. The van der Waals surface area contributed by atoms with Gasteiger partial charge < -0.3 is 36.6 Å². The maximum atomic E-state index is 14.1. The molecule has 0 spiro atoms. The SMILES string of the molecule is CC[n+]1c(CNC(=O)c2nc(Cl)c(N)nc2N)n(C[C@H](C)O)c2cc(N(C)C)c(C(=O)N3CCN(C(=O)Cc4ccccn4)CC3)cc21. The first-order chi connectivity index (χ1) is 22.9. The molecule has 0 unspecified atom stereocenters. The van der Waals surface area contributed by atoms with Gasteiger partial charge in [0.05, 0.1) is 30.3 Å². The molecular weight excluding hydrogens is 638 g/mol. The first kappa shape index (κ1) is 34.3. The number of nitrogen functional groups attached to an aromatic ring is 2. The minimum atomic E-state index is -0.710. The van der Waals surface area contributed by atoms with Crippen LogP contribution in [-0.4, -0.2) is 98.5 Å². The molecule has 48 heavy (non-hydrogen) atoms. The molecular formula is C32H41ClN11O4+. The van der Waals surface area contributed by atoms with Crippen LogP contribution in [0.25, 0.3) is 11.0 Å². The normalized spacial score (nSPS) is 13.9. The highest BCUT2D eigenvalue weighted by molar-refractivity contribution is 6.31. The lowest BCUT2D eigenvalue weighted by molar-refractivity contribution is -0.676. The van der Waals surface area contributed by atoms with Crippen LogP contribution in [0.1, 0.15) is 46.2 Å². The summed E-state index contributed by atoms with van der Waals surface area (Å²) in [6, 6.07) is 9.29. The van der Waals surface area contributed by atoms with E-state index in [1.54, 1.807) is 22.9 Å². The largest absolute Gasteiger partial charge is 0.389 e. The van der Waals surface area contributed by atoms with Crippen molar-refractivity contribution in [2.24, 2.45) is 0 Å². The Morgan fingerprint density at radius 2 is 1.79 bits per heavy atom. The van der Waals surface area contributed by atoms with Crippen LogP contribution in [0, 0.1) is 0 Å². The quantitative estimate of drug-likeness (QED) is 0.175. The number of imidazole rings is 1. The van der Waals surface area contributed by atoms with Gasteiger partial charge >= 0.3 is 0 Å². The second-order valence-electron chi connectivity index (χ2n) is 11.9. The third-order valence-corrected chi connectivity index (χ3v) is 8.56. The number of anilines is 3. The van der Waals surface area contributed by atoms with E-state index < -0.39 is 12.0 Å². The Morgan fingerprint density at radius 1 is 1.08 bits per heavy atom. The number of fused-ring (bicyclic) bond motifs is 1. The lowest BCUT2D eigenvalue weighted by atomic mass is 10.1. The molecule has 1 fully saturated rings. The van der Waals surface area contributed by atoms with Gasteiger partial charge in [0.1, 0.15) is 13.1 Å². The first-order valence-electron chi connectivity index (χ1n) is 15.7. The van der Waals surface area contributed by atoms with Crippen molar-refractivity contribution in [1.29, 1.82) is 0 Å². The smallest absolute Gasteiger partial charge is 0.277 e. The lowest BCUT2D eigenvalue weighted by Crippen LogP contribution is -2.51. The molecule has 1 saturated heterocycles. The number of benzene rings is 1. The molecule has 1 aromatic carbocycles. The fourth-order valence-electron chi connectivity index (χ4n) is 5.93. The molecule has 0 radical (unpaired) electrons. The molecule has 5 rings (SSSR count). The summed E-state index contributed by atoms with van der Waals surface area (Å²) in [6.45, 7) is 6.08. The zero-order chi connectivity index (χ0) is 34.7. The van der Waals surface area contributed by atoms with E-state index in [1.807, 2.05) is 65.4 Å². The number of piperazine rings is 1. The van der Waals surface area contributed by atoms with Crippen molar-refractivity contribution in [2.75, 3.05) is 56.6 Å². The number of nitrogens with one attached hydrogen (secondary N) is 1. The number of carbonyl (C=O) groups is 3. The number of aliphatic hydroxyl groups is 1. The van der Waals surface area contributed by atoms with Gasteiger partial charge in [-0.3, -0.25) is 19.4 Å². The molecule has 254 valence electrons. The van der Waals surface area contributed by atoms with Crippen molar-refractivity contribution in [3.8, 4) is 0 Å². The Kier molecular flexibility index (Phi) is 10.3. The van der Waals surface area contributed by atoms with E-state index in [4.69, 9.17) is 23.1 Å². The molecule has 0 bridgehead atoms. The zero-order valence-electron chi connectivity index (χ0n) is 27.5. The number of pyridine rings is 1. The number of nitrogens with zero attached hydrogens (tertiary/aromatic N) is 8. The van der Waals surface area contributed by atoms with Gasteiger partial charge in [0, 0.05) is 64.3 Å². The third-order valence-electron chi connectivity index (χ3n) is 8.28. The van der Waals surface area contributed by atoms with Gasteiger partial charge in [-0.1, -0.05) is 17.7 Å². The monoisotopic (exact) mass is 678 g/mol. The average molecular weight is 679 g/mol. The Morgan fingerprint density at radius 3 is 2.42 bits per heavy atom. The fraction of sp³-hybridized carbons (Fsp3) is 0.406. The van der Waals surface area contributed by atoms with Gasteiger partial charge in [-0.2, -0.15) is 0 Å². The predicted molar refractivity (Wildman–Crippen MR) is 181 cm³/mol. The summed E-state index contributed by atoms with van der Waals surface area (Å²) in [5, 5.41) is 13.2. The summed E-state index contributed by atoms with van der Waals surface area (Å²) >= 11 is 5.99. The van der Waals surface area contributed by atoms with E-state index in [0.29, 0.717) is 55.5 Å².